The molecule has 12 nitrogen and oxygen atoms in total. The lowest BCUT2D eigenvalue weighted by molar-refractivity contribution is 1.22. The van der Waals surface area contributed by atoms with Crippen molar-refractivity contribution in [3.8, 4) is 187 Å². The fourth-order valence-corrected chi connectivity index (χ4v) is 18.3. The lowest BCUT2D eigenvalue weighted by Crippen LogP contribution is -1.94. The molecule has 9 aromatic heterocycles. The maximum Gasteiger partial charge on any atom is 0.0991 e. The van der Waals surface area contributed by atoms with Crippen LogP contribution in [0.4, 0.5) is 0 Å². The number of rotatable bonds is 15. The van der Waals surface area contributed by atoms with Crippen LogP contribution in [0.1, 0.15) is 16.7 Å². The van der Waals surface area contributed by atoms with Crippen molar-refractivity contribution in [2.45, 2.75) is 0 Å². The van der Waals surface area contributed by atoms with Crippen molar-refractivity contribution >= 4 is 64.6 Å². The average molecular weight is 1760 g/mol. The van der Waals surface area contributed by atoms with Crippen molar-refractivity contribution < 1.29 is 0 Å². The van der Waals surface area contributed by atoms with E-state index in [2.05, 4.69) is 303 Å². The van der Waals surface area contributed by atoms with E-state index in [-0.39, 0.29) is 0 Å². The van der Waals surface area contributed by atoms with Gasteiger partial charge in [-0.15, -0.1) is 0 Å². The van der Waals surface area contributed by atoms with Crippen LogP contribution < -0.4 is 0 Å². The van der Waals surface area contributed by atoms with Gasteiger partial charge in [-0.2, -0.15) is 15.8 Å². The first kappa shape index (κ1) is 84.2. The van der Waals surface area contributed by atoms with Gasteiger partial charge in [-0.3, -0.25) is 29.9 Å². The number of aromatic nitrogens is 9. The van der Waals surface area contributed by atoms with Crippen LogP contribution in [0.5, 0.6) is 0 Å². The fraction of sp³-hybridized carbons (Fsp3) is 0. The van der Waals surface area contributed by atoms with Crippen LogP contribution in [0.15, 0.2) is 474 Å². The van der Waals surface area contributed by atoms with E-state index >= 15 is 0 Å². The number of pyridine rings is 9. The van der Waals surface area contributed by atoms with Gasteiger partial charge in [-0.25, -0.2) is 15.0 Å². The quantitative estimate of drug-likeness (QED) is 0.0946. The van der Waals surface area contributed by atoms with E-state index in [1.165, 1.54) is 59.6 Å². The Bertz CT molecular complexity index is 8690. The van der Waals surface area contributed by atoms with E-state index in [1.54, 1.807) is 37.2 Å². The van der Waals surface area contributed by atoms with Crippen molar-refractivity contribution in [1.29, 1.82) is 15.8 Å². The molecule has 9 heterocycles. The molecule has 0 radical (unpaired) electrons. The normalized spacial score (nSPS) is 11.0. The summed E-state index contributed by atoms with van der Waals surface area (Å²) in [6.07, 6.45) is 10.8. The second-order valence-electron chi connectivity index (χ2n) is 33.7. The minimum Gasteiger partial charge on any atom is -0.255 e. The predicted octanol–water partition coefficient (Wildman–Crippen LogP) is 31.2. The number of nitrogens with zero attached hydrogens (tertiary/aromatic N) is 12. The first-order valence-electron chi connectivity index (χ1n) is 45.4. The highest BCUT2D eigenvalue weighted by Crippen LogP contribution is 2.44. The summed E-state index contributed by atoms with van der Waals surface area (Å²) in [5, 5.41) is 41.7. The minimum absolute atomic E-state index is 0.656. The third kappa shape index (κ3) is 17.6. The van der Waals surface area contributed by atoms with E-state index < -0.39 is 0 Å². The minimum atomic E-state index is 0.656. The SMILES string of the molecule is N#Cc1ccc(-c2cc(-c3ccc4c(-c5cc(-c6ccccn6)nc(-c6ccccn6)c5)cccc4c3)cc3ccccc23)cc1.N#Cc1ccc(-c2ccc3cc(-c4ccc5c(-c6cc(-c7ccccn7)nc(-c7ccccn7)c6)cccc5c4)ccc3c2)cc1.N#Cc1ccc(-c2cccc3cc(-c4ccc5c(-c6cc(-c7ccccn7)nc(-c7ccccn7)c6)cccc5c4)ccc23)cc1. The summed E-state index contributed by atoms with van der Waals surface area (Å²) in [5.41, 5.74) is 32.0. The summed E-state index contributed by atoms with van der Waals surface area (Å²) in [4.78, 5) is 42.4. The molecule has 0 atom stereocenters. The first-order valence-corrected chi connectivity index (χ1v) is 45.4. The van der Waals surface area contributed by atoms with Gasteiger partial charge in [0.05, 0.1) is 103 Å². The Hall–Kier alpha value is -19.3. The van der Waals surface area contributed by atoms with Gasteiger partial charge >= 0.3 is 0 Å². The van der Waals surface area contributed by atoms with Crippen LogP contribution in [0.2, 0.25) is 0 Å². The molecule has 0 aliphatic carbocycles. The van der Waals surface area contributed by atoms with E-state index in [9.17, 15) is 10.5 Å². The zero-order valence-electron chi connectivity index (χ0n) is 74.4. The Morgan fingerprint density at radius 2 is 0.362 bits per heavy atom. The molecule has 0 N–H and O–H groups in total. The second kappa shape index (κ2) is 37.9. The number of benzene rings is 15. The lowest BCUT2D eigenvalue weighted by Gasteiger charge is -2.14. The monoisotopic (exact) mass is 1760 g/mol. The lowest BCUT2D eigenvalue weighted by atomic mass is 9.91. The Morgan fingerprint density at radius 3 is 0.659 bits per heavy atom. The van der Waals surface area contributed by atoms with Crippen LogP contribution in [0.25, 0.3) is 233 Å². The molecule has 0 fully saturated rings. The molecule has 0 aliphatic rings. The molecular weight excluding hydrogens is 1680 g/mol. The molecule has 12 heteroatoms. The standard InChI is InChI=1S/3C42H26N4/c43-27-28-13-15-29(16-14-28)35-9-5-7-32-23-30(17-19-37(32)35)31-18-20-38-33(24-31)8-6-10-36(38)34-25-41(39-11-1-3-21-44-39)46-42(26-34)40-12-2-4-22-45-40;43-27-28-10-12-29(13-11-28)30-14-15-32-23-33(17-16-31(32)22-30)34-18-19-38-35(24-34)6-5-7-37(38)36-25-41(39-8-1-3-20-44-39)46-42(26-36)40-9-2-4-21-45-40;43-27-28-14-16-29(17-15-28)38-24-33(23-31-8-1-2-10-35(31)38)30-18-19-37-32(22-30)9-7-11-36(37)34-25-41(39-12-3-5-20-44-39)46-42(26-34)40-13-4-6-21-45-40/h3*1-26H. The van der Waals surface area contributed by atoms with Gasteiger partial charge in [0.25, 0.3) is 0 Å². The van der Waals surface area contributed by atoms with E-state index in [1.807, 2.05) is 182 Å². The zero-order valence-corrected chi connectivity index (χ0v) is 74.4. The number of hydrogen-bond acceptors (Lipinski definition) is 12. The highest BCUT2D eigenvalue weighted by atomic mass is 14.8. The fourth-order valence-electron chi connectivity index (χ4n) is 18.3. The molecule has 138 heavy (non-hydrogen) atoms. The highest BCUT2D eigenvalue weighted by Gasteiger charge is 2.20. The van der Waals surface area contributed by atoms with Gasteiger partial charge < -0.3 is 0 Å². The van der Waals surface area contributed by atoms with Crippen LogP contribution in [0, 0.1) is 34.0 Å². The van der Waals surface area contributed by atoms with Gasteiger partial charge in [0.2, 0.25) is 0 Å². The van der Waals surface area contributed by atoms with E-state index in [0.29, 0.717) is 16.7 Å². The zero-order chi connectivity index (χ0) is 92.6. The molecule has 0 bridgehead atoms. The molecule has 0 amide bonds. The molecular formula is C126H78N12. The maximum absolute atomic E-state index is 9.32. The Labute approximate surface area is 797 Å². The van der Waals surface area contributed by atoms with Gasteiger partial charge in [0.15, 0.2) is 0 Å². The number of nitriles is 3. The van der Waals surface area contributed by atoms with E-state index in [4.69, 9.17) is 20.2 Å². The van der Waals surface area contributed by atoms with Gasteiger partial charge in [0.1, 0.15) is 0 Å². The van der Waals surface area contributed by atoms with Crippen molar-refractivity contribution in [2.24, 2.45) is 0 Å². The van der Waals surface area contributed by atoms with Gasteiger partial charge in [0, 0.05) is 37.2 Å². The highest BCUT2D eigenvalue weighted by molar-refractivity contribution is 6.07. The second-order valence-corrected chi connectivity index (χ2v) is 33.7. The predicted molar refractivity (Wildman–Crippen MR) is 560 cm³/mol. The summed E-state index contributed by atoms with van der Waals surface area (Å²) in [5.74, 6) is 0. The van der Waals surface area contributed by atoms with Gasteiger partial charge in [-0.05, 0) is 359 Å². The number of fused-ring (bicyclic) bond motifs is 6. The molecule has 0 saturated heterocycles. The van der Waals surface area contributed by atoms with E-state index in [0.717, 1.165) is 174 Å². The van der Waals surface area contributed by atoms with Crippen molar-refractivity contribution in [3.05, 3.63) is 491 Å². The van der Waals surface area contributed by atoms with Crippen LogP contribution in [-0.4, -0.2) is 44.9 Å². The summed E-state index contributed by atoms with van der Waals surface area (Å²) in [7, 11) is 0. The average Bonchev–Trinajstić information content (AvgIpc) is 0.768. The number of hydrogen-bond donors (Lipinski definition) is 0. The summed E-state index contributed by atoms with van der Waals surface area (Å²) >= 11 is 0. The van der Waals surface area contributed by atoms with Gasteiger partial charge in [-0.1, -0.05) is 243 Å². The Balaban J connectivity index is 0.000000119. The van der Waals surface area contributed by atoms with Crippen LogP contribution in [-0.2, 0) is 0 Å². The summed E-state index contributed by atoms with van der Waals surface area (Å²) < 4.78 is 0. The third-order valence-corrected chi connectivity index (χ3v) is 25.2. The molecule has 0 spiro atoms. The molecule has 24 aromatic rings. The van der Waals surface area contributed by atoms with Crippen molar-refractivity contribution in [2.75, 3.05) is 0 Å². The summed E-state index contributed by atoms with van der Waals surface area (Å²) in [6, 6.07) is 157. The molecule has 0 saturated carbocycles. The Morgan fingerprint density at radius 1 is 0.138 bits per heavy atom. The smallest absolute Gasteiger partial charge is 0.0991 e. The summed E-state index contributed by atoms with van der Waals surface area (Å²) in [6.45, 7) is 0. The van der Waals surface area contributed by atoms with Crippen LogP contribution in [0.3, 0.4) is 0 Å². The molecule has 0 unspecified atom stereocenters. The van der Waals surface area contributed by atoms with Crippen LogP contribution >= 0.6 is 0 Å². The van der Waals surface area contributed by atoms with Crippen molar-refractivity contribution in [1.82, 2.24) is 44.9 Å². The van der Waals surface area contributed by atoms with Crippen molar-refractivity contribution in [3.63, 3.8) is 0 Å². The molecule has 24 rings (SSSR count). The molecule has 0 aliphatic heterocycles. The largest absolute Gasteiger partial charge is 0.255 e. The third-order valence-electron chi connectivity index (χ3n) is 25.2. The topological polar surface area (TPSA) is 187 Å². The maximum atomic E-state index is 9.32. The molecule has 15 aromatic carbocycles. The Kier molecular flexibility index (Phi) is 23.1. The first-order chi connectivity index (χ1) is 68.2. The molecule has 642 valence electrons.